The second kappa shape index (κ2) is 5.15. The summed E-state index contributed by atoms with van der Waals surface area (Å²) in [5.41, 5.74) is 5.91. The summed E-state index contributed by atoms with van der Waals surface area (Å²) >= 11 is 0. The topological polar surface area (TPSA) is 50.7 Å². The average Bonchev–Trinajstić information content (AvgIpc) is 2.52. The first-order chi connectivity index (χ1) is 11.4. The van der Waals surface area contributed by atoms with Gasteiger partial charge in [-0.2, -0.15) is 0 Å². The van der Waals surface area contributed by atoms with Crippen molar-refractivity contribution >= 4 is 16.8 Å². The fraction of sp³-hybridized carbons (Fsp3) is 0.400. The van der Waals surface area contributed by atoms with E-state index in [1.54, 1.807) is 7.11 Å². The zero-order chi connectivity index (χ0) is 17.1. The van der Waals surface area contributed by atoms with Gasteiger partial charge in [0, 0.05) is 23.2 Å². The van der Waals surface area contributed by atoms with Crippen molar-refractivity contribution in [3.8, 4) is 0 Å². The molecule has 0 saturated heterocycles. The number of aliphatic hydroxyl groups excluding tert-OH is 1. The number of hydrogen-bond donors (Lipinski definition) is 2. The van der Waals surface area contributed by atoms with Crippen molar-refractivity contribution in [2.75, 3.05) is 12.4 Å². The molecule has 0 aromatic heterocycles. The highest BCUT2D eigenvalue weighted by Crippen LogP contribution is 2.48. The summed E-state index contributed by atoms with van der Waals surface area (Å²) in [6.45, 7) is 6.37. The predicted molar refractivity (Wildman–Crippen MR) is 95.1 cm³/mol. The third-order valence-corrected chi connectivity index (χ3v) is 4.89. The molecular formula is C20H23NO3. The van der Waals surface area contributed by atoms with Gasteiger partial charge in [-0.25, -0.2) is 0 Å². The Labute approximate surface area is 142 Å². The number of benzene rings is 1. The van der Waals surface area contributed by atoms with E-state index >= 15 is 0 Å². The number of ether oxygens (including phenoxy) is 2. The predicted octanol–water partition coefficient (Wildman–Crippen LogP) is 4.35. The molecule has 24 heavy (non-hydrogen) atoms. The highest BCUT2D eigenvalue weighted by atomic mass is 16.6. The van der Waals surface area contributed by atoms with E-state index < -0.39 is 6.29 Å². The summed E-state index contributed by atoms with van der Waals surface area (Å²) in [7, 11) is 1.68. The average molecular weight is 325 g/mol. The molecule has 4 nitrogen and oxygen atoms in total. The first-order valence-corrected chi connectivity index (χ1v) is 8.39. The maximum absolute atomic E-state index is 10.7. The molecule has 0 amide bonds. The molecule has 1 aliphatic carbocycles. The molecule has 0 radical (unpaired) electrons. The molecule has 2 heterocycles. The van der Waals surface area contributed by atoms with Crippen LogP contribution in [0, 0.1) is 0 Å². The first-order valence-electron chi connectivity index (χ1n) is 8.39. The quantitative estimate of drug-likeness (QED) is 0.806. The number of nitrogens with one attached hydrogen (secondary N) is 1. The van der Waals surface area contributed by atoms with E-state index in [-0.39, 0.29) is 5.54 Å². The molecule has 2 N–H and O–H groups in total. The third-order valence-electron chi connectivity index (χ3n) is 4.89. The van der Waals surface area contributed by atoms with E-state index in [9.17, 15) is 5.11 Å². The van der Waals surface area contributed by atoms with Crippen molar-refractivity contribution in [2.24, 2.45) is 0 Å². The Kier molecular flexibility index (Phi) is 3.29. The Morgan fingerprint density at radius 2 is 2.12 bits per heavy atom. The molecule has 4 heteroatoms. The molecule has 0 bridgehead atoms. The van der Waals surface area contributed by atoms with Gasteiger partial charge in [-0.05, 0) is 50.5 Å². The van der Waals surface area contributed by atoms with E-state index in [0.29, 0.717) is 0 Å². The van der Waals surface area contributed by atoms with Crippen LogP contribution in [0.3, 0.4) is 0 Å². The van der Waals surface area contributed by atoms with Crippen LogP contribution in [0.5, 0.6) is 0 Å². The molecule has 1 atom stereocenters. The zero-order valence-electron chi connectivity index (χ0n) is 14.6. The van der Waals surface area contributed by atoms with Crippen LogP contribution in [0.4, 0.5) is 5.69 Å². The molecular weight excluding hydrogens is 302 g/mol. The van der Waals surface area contributed by atoms with Gasteiger partial charge in [0.25, 0.3) is 0 Å². The number of allylic oxidation sites excluding steroid dienone is 4. The Hall–Kier alpha value is -2.20. The minimum atomic E-state index is -0.948. The smallest absolute Gasteiger partial charge is 0.225 e. The number of anilines is 1. The maximum atomic E-state index is 10.7. The van der Waals surface area contributed by atoms with E-state index in [4.69, 9.17) is 9.47 Å². The summed E-state index contributed by atoms with van der Waals surface area (Å²) in [5.74, 6) is 1.65. The summed E-state index contributed by atoms with van der Waals surface area (Å²) in [6, 6.07) is 4.16. The highest BCUT2D eigenvalue weighted by Gasteiger charge is 2.35. The largest absolute Gasteiger partial charge is 0.496 e. The maximum Gasteiger partial charge on any atom is 0.225 e. The van der Waals surface area contributed by atoms with Crippen LogP contribution >= 0.6 is 0 Å². The molecule has 1 unspecified atom stereocenters. The van der Waals surface area contributed by atoms with E-state index in [2.05, 4.69) is 50.4 Å². The van der Waals surface area contributed by atoms with Crippen LogP contribution < -0.4 is 5.32 Å². The normalized spacial score (nSPS) is 23.8. The lowest BCUT2D eigenvalue weighted by molar-refractivity contribution is -0.0737. The van der Waals surface area contributed by atoms with Gasteiger partial charge in [-0.1, -0.05) is 12.1 Å². The number of rotatable bonds is 1. The van der Waals surface area contributed by atoms with Crippen LogP contribution in [0.25, 0.3) is 11.1 Å². The molecule has 0 saturated carbocycles. The van der Waals surface area contributed by atoms with Crippen molar-refractivity contribution in [1.29, 1.82) is 0 Å². The van der Waals surface area contributed by atoms with Crippen LogP contribution in [0.1, 0.15) is 56.6 Å². The number of aliphatic hydroxyl groups is 1. The number of methoxy groups -OCH3 is 1. The van der Waals surface area contributed by atoms with Gasteiger partial charge in [0.1, 0.15) is 11.5 Å². The summed E-state index contributed by atoms with van der Waals surface area (Å²) in [5, 5.41) is 14.2. The Balaban J connectivity index is 1.96. The van der Waals surface area contributed by atoms with E-state index in [0.717, 1.165) is 57.9 Å². The summed E-state index contributed by atoms with van der Waals surface area (Å²) in [4.78, 5) is 0. The molecule has 3 aliphatic rings. The Morgan fingerprint density at radius 1 is 1.33 bits per heavy atom. The minimum Gasteiger partial charge on any atom is -0.496 e. The minimum absolute atomic E-state index is 0.112. The Morgan fingerprint density at radius 3 is 2.88 bits per heavy atom. The SMILES string of the molecule is COC1=CCCC2=C1c1ccc3c(c1C(O)O2)C(C)=CC(C)(C)N3. The van der Waals surface area contributed by atoms with Gasteiger partial charge >= 0.3 is 0 Å². The van der Waals surface area contributed by atoms with Crippen LogP contribution in [0.15, 0.2) is 35.8 Å². The van der Waals surface area contributed by atoms with Gasteiger partial charge < -0.3 is 19.9 Å². The fourth-order valence-corrected chi connectivity index (χ4v) is 4.10. The second-order valence-electron chi connectivity index (χ2n) is 7.20. The zero-order valence-corrected chi connectivity index (χ0v) is 14.6. The highest BCUT2D eigenvalue weighted by molar-refractivity contribution is 5.90. The lowest BCUT2D eigenvalue weighted by Crippen LogP contribution is -2.32. The van der Waals surface area contributed by atoms with Gasteiger partial charge in [-0.15, -0.1) is 0 Å². The number of hydrogen-bond acceptors (Lipinski definition) is 4. The summed E-state index contributed by atoms with van der Waals surface area (Å²) < 4.78 is 11.4. The van der Waals surface area contributed by atoms with Crippen LogP contribution in [0.2, 0.25) is 0 Å². The van der Waals surface area contributed by atoms with Crippen molar-refractivity contribution in [3.63, 3.8) is 0 Å². The molecule has 1 aromatic carbocycles. The van der Waals surface area contributed by atoms with E-state index in [1.165, 1.54) is 0 Å². The molecule has 2 aliphatic heterocycles. The van der Waals surface area contributed by atoms with Gasteiger partial charge in [0.2, 0.25) is 6.29 Å². The summed E-state index contributed by atoms with van der Waals surface area (Å²) in [6.07, 6.45) is 4.99. The molecule has 1 aromatic rings. The van der Waals surface area contributed by atoms with Crippen molar-refractivity contribution in [3.05, 3.63) is 52.5 Å². The third kappa shape index (κ3) is 2.17. The second-order valence-corrected chi connectivity index (χ2v) is 7.20. The molecule has 0 spiro atoms. The standard InChI is InChI=1S/C20H23NO3/c1-11-10-20(2,3)21-13-9-8-12-17-14(23-4)6-5-7-15(17)24-19(22)18(12)16(11)13/h6,8-10,19,21-22H,5,7H2,1-4H3. The number of fused-ring (bicyclic) bond motifs is 4. The van der Waals surface area contributed by atoms with Gasteiger partial charge in [-0.3, -0.25) is 0 Å². The molecule has 126 valence electrons. The van der Waals surface area contributed by atoms with Gasteiger partial charge in [0.15, 0.2) is 0 Å². The van der Waals surface area contributed by atoms with Crippen molar-refractivity contribution in [2.45, 2.75) is 45.4 Å². The van der Waals surface area contributed by atoms with Gasteiger partial charge in [0.05, 0.1) is 18.2 Å². The fourth-order valence-electron chi connectivity index (χ4n) is 4.10. The first kappa shape index (κ1) is 15.3. The van der Waals surface area contributed by atoms with Crippen molar-refractivity contribution < 1.29 is 14.6 Å². The van der Waals surface area contributed by atoms with Crippen LogP contribution in [-0.2, 0) is 9.47 Å². The Bertz CT molecular complexity index is 814. The van der Waals surface area contributed by atoms with Crippen LogP contribution in [-0.4, -0.2) is 17.8 Å². The monoisotopic (exact) mass is 325 g/mol. The van der Waals surface area contributed by atoms with E-state index in [1.807, 2.05) is 0 Å². The lowest BCUT2D eigenvalue weighted by atomic mass is 9.82. The molecule has 4 rings (SSSR count). The van der Waals surface area contributed by atoms with Crippen molar-refractivity contribution in [1.82, 2.24) is 0 Å². The lowest BCUT2D eigenvalue weighted by Gasteiger charge is -2.37. The molecule has 0 fully saturated rings.